The third-order valence-corrected chi connectivity index (χ3v) is 13.1. The van der Waals surface area contributed by atoms with Gasteiger partial charge in [0.05, 0.1) is 0 Å². The molecule has 16 heavy (non-hydrogen) atoms. The van der Waals surface area contributed by atoms with E-state index in [2.05, 4.69) is 52.6 Å². The third-order valence-electron chi connectivity index (χ3n) is 2.39. The first-order chi connectivity index (χ1) is 7.08. The van der Waals surface area contributed by atoms with E-state index in [1.807, 2.05) is 6.92 Å². The predicted molar refractivity (Wildman–Crippen MR) is 78.7 cm³/mol. The summed E-state index contributed by atoms with van der Waals surface area (Å²) in [7, 11) is -4.69. The van der Waals surface area contributed by atoms with E-state index in [-0.39, 0.29) is 0 Å². The minimum atomic E-state index is -1.93. The molecule has 0 fully saturated rings. The summed E-state index contributed by atoms with van der Waals surface area (Å²) in [6.07, 6.45) is 0. The molecule has 0 heterocycles. The summed E-state index contributed by atoms with van der Waals surface area (Å²) >= 11 is 0. The highest BCUT2D eigenvalue weighted by Crippen LogP contribution is 2.20. The minimum absolute atomic E-state index is 0.737. The topological polar surface area (TPSA) is 18.5 Å². The highest BCUT2D eigenvalue weighted by Gasteiger charge is 2.35. The molecular formula is C11H28O2Si3. The van der Waals surface area contributed by atoms with Gasteiger partial charge in [-0.15, -0.1) is 0 Å². The molecule has 96 valence electrons. The van der Waals surface area contributed by atoms with E-state index in [0.29, 0.717) is 0 Å². The normalized spacial score (nSPS) is 15.6. The molecule has 0 N–H and O–H groups in total. The Morgan fingerprint density at radius 2 is 1.69 bits per heavy atom. The van der Waals surface area contributed by atoms with Crippen molar-refractivity contribution >= 4 is 25.9 Å². The van der Waals surface area contributed by atoms with E-state index in [4.69, 9.17) is 8.23 Å². The Kier molecular flexibility index (Phi) is 6.72. The lowest BCUT2D eigenvalue weighted by molar-refractivity contribution is 0.399. The Hall–Kier alpha value is 0.571. The van der Waals surface area contributed by atoms with Gasteiger partial charge in [-0.1, -0.05) is 20.8 Å². The number of hydrogen-bond donors (Lipinski definition) is 0. The molecule has 0 saturated heterocycles. The molecule has 0 rings (SSSR count). The van der Waals surface area contributed by atoms with Crippen LogP contribution in [-0.2, 0) is 8.23 Å². The second-order valence-corrected chi connectivity index (χ2v) is 16.0. The van der Waals surface area contributed by atoms with Crippen molar-refractivity contribution < 1.29 is 8.23 Å². The molecule has 0 spiro atoms. The fraction of sp³-hybridized carbons (Fsp3) is 0.909. The van der Waals surface area contributed by atoms with Gasteiger partial charge < -0.3 is 8.23 Å². The maximum absolute atomic E-state index is 6.24. The van der Waals surface area contributed by atoms with Crippen molar-refractivity contribution in [3.8, 4) is 0 Å². The Morgan fingerprint density at radius 1 is 1.19 bits per heavy atom. The lowest BCUT2D eigenvalue weighted by atomic mass is 10.3. The zero-order valence-electron chi connectivity index (χ0n) is 12.2. The van der Waals surface area contributed by atoms with Crippen LogP contribution in [0.25, 0.3) is 0 Å². The molecular weight excluding hydrogens is 248 g/mol. The van der Waals surface area contributed by atoms with Gasteiger partial charge in [0.15, 0.2) is 17.4 Å². The van der Waals surface area contributed by atoms with Crippen LogP contribution >= 0.6 is 0 Å². The molecule has 2 nitrogen and oxygen atoms in total. The van der Waals surface area contributed by atoms with Crippen LogP contribution in [0.4, 0.5) is 0 Å². The molecule has 0 aliphatic heterocycles. The molecule has 0 aromatic heterocycles. The smallest absolute Gasteiger partial charge is 0.311 e. The van der Waals surface area contributed by atoms with E-state index >= 15 is 0 Å². The van der Waals surface area contributed by atoms with Crippen molar-refractivity contribution in [2.45, 2.75) is 59.6 Å². The van der Waals surface area contributed by atoms with E-state index in [1.165, 1.54) is 6.04 Å². The molecule has 1 atom stereocenters. The van der Waals surface area contributed by atoms with Crippen LogP contribution in [0.5, 0.6) is 0 Å². The quantitative estimate of drug-likeness (QED) is 0.662. The van der Waals surface area contributed by atoms with Crippen molar-refractivity contribution in [3.05, 3.63) is 6.04 Å². The van der Waals surface area contributed by atoms with Gasteiger partial charge in [-0.3, -0.25) is 0 Å². The number of rotatable bonds is 7. The van der Waals surface area contributed by atoms with Gasteiger partial charge >= 0.3 is 8.56 Å². The van der Waals surface area contributed by atoms with Crippen molar-refractivity contribution in [3.63, 3.8) is 0 Å². The molecule has 0 aromatic carbocycles. The van der Waals surface area contributed by atoms with Gasteiger partial charge in [0.2, 0.25) is 0 Å². The van der Waals surface area contributed by atoms with Gasteiger partial charge in [-0.05, 0) is 50.7 Å². The van der Waals surface area contributed by atoms with Gasteiger partial charge in [0, 0.05) is 0 Å². The first kappa shape index (κ1) is 16.6. The molecule has 0 aromatic rings. The summed E-state index contributed by atoms with van der Waals surface area (Å²) in [6, 6.07) is 4.54. The maximum Gasteiger partial charge on any atom is 0.311 e. The highest BCUT2D eigenvalue weighted by molar-refractivity contribution is 6.86. The lowest BCUT2D eigenvalue weighted by Crippen LogP contribution is -2.49. The van der Waals surface area contributed by atoms with Gasteiger partial charge in [-0.25, -0.2) is 0 Å². The summed E-state index contributed by atoms with van der Waals surface area (Å²) in [4.78, 5) is 0. The van der Waals surface area contributed by atoms with Crippen LogP contribution in [-0.4, -0.2) is 25.9 Å². The molecule has 0 amide bonds. The SMILES string of the molecule is C[C][Si](C)(C)O[Si](C)(C)O[SiH](C)CC(C)C. The highest BCUT2D eigenvalue weighted by atomic mass is 28.5. The summed E-state index contributed by atoms with van der Waals surface area (Å²) in [5, 5.41) is 0. The van der Waals surface area contributed by atoms with Crippen molar-refractivity contribution in [1.82, 2.24) is 0 Å². The van der Waals surface area contributed by atoms with Crippen molar-refractivity contribution in [2.24, 2.45) is 5.92 Å². The van der Waals surface area contributed by atoms with Crippen molar-refractivity contribution in [2.75, 3.05) is 0 Å². The predicted octanol–water partition coefficient (Wildman–Crippen LogP) is 3.58. The van der Waals surface area contributed by atoms with Crippen molar-refractivity contribution in [1.29, 1.82) is 0 Å². The van der Waals surface area contributed by atoms with Gasteiger partial charge in [0.25, 0.3) is 0 Å². The Balaban J connectivity index is 4.23. The molecule has 2 radical (unpaired) electrons. The van der Waals surface area contributed by atoms with E-state index in [9.17, 15) is 0 Å². The van der Waals surface area contributed by atoms with Crippen LogP contribution in [0, 0.1) is 12.0 Å². The van der Waals surface area contributed by atoms with Crippen LogP contribution in [0.1, 0.15) is 20.8 Å². The Morgan fingerprint density at radius 3 is 2.06 bits per heavy atom. The van der Waals surface area contributed by atoms with Crippen LogP contribution in [0.15, 0.2) is 0 Å². The fourth-order valence-corrected chi connectivity index (χ4v) is 13.4. The zero-order valence-corrected chi connectivity index (χ0v) is 15.3. The van der Waals surface area contributed by atoms with E-state index in [1.54, 1.807) is 0 Å². The molecule has 0 aliphatic rings. The Labute approximate surface area is 106 Å². The fourth-order valence-electron chi connectivity index (χ4n) is 1.89. The van der Waals surface area contributed by atoms with E-state index in [0.717, 1.165) is 5.92 Å². The van der Waals surface area contributed by atoms with Crippen LogP contribution in [0.2, 0.25) is 38.8 Å². The lowest BCUT2D eigenvalue weighted by Gasteiger charge is -2.34. The summed E-state index contributed by atoms with van der Waals surface area (Å²) in [5.74, 6) is 0.737. The Bertz CT molecular complexity index is 205. The first-order valence-electron chi connectivity index (χ1n) is 6.15. The molecule has 1 unspecified atom stereocenters. The average molecular weight is 277 g/mol. The molecule has 5 heteroatoms. The average Bonchev–Trinajstić information content (AvgIpc) is 1.98. The summed E-state index contributed by atoms with van der Waals surface area (Å²) in [5.41, 5.74) is 0. The van der Waals surface area contributed by atoms with Crippen LogP contribution in [0.3, 0.4) is 0 Å². The number of hydrogen-bond acceptors (Lipinski definition) is 2. The summed E-state index contributed by atoms with van der Waals surface area (Å²) < 4.78 is 12.4. The maximum atomic E-state index is 6.24. The van der Waals surface area contributed by atoms with Gasteiger partial charge in [0.1, 0.15) is 0 Å². The second kappa shape index (κ2) is 6.49. The largest absolute Gasteiger partial charge is 0.439 e. The third kappa shape index (κ3) is 7.78. The second-order valence-electron chi connectivity index (χ2n) is 5.82. The standard InChI is InChI=1S/C11H28O2Si3/c1-9-15(5,6)13-16(7,8)12-14(4)10-11(2)3/h11,14H,10H2,1-8H3. The van der Waals surface area contributed by atoms with E-state index < -0.39 is 25.9 Å². The molecule has 0 saturated carbocycles. The monoisotopic (exact) mass is 276 g/mol. The molecule has 0 bridgehead atoms. The van der Waals surface area contributed by atoms with Crippen LogP contribution < -0.4 is 0 Å². The minimum Gasteiger partial charge on any atom is -0.439 e. The van der Waals surface area contributed by atoms with Gasteiger partial charge in [-0.2, -0.15) is 0 Å². The first-order valence-corrected chi connectivity index (χ1v) is 14.3. The molecule has 0 aliphatic carbocycles. The zero-order chi connectivity index (χ0) is 13.0. The summed E-state index contributed by atoms with van der Waals surface area (Å²) in [6.45, 7) is 17.5.